The van der Waals surface area contributed by atoms with E-state index in [9.17, 15) is 18.8 Å². The normalized spacial score (nSPS) is 18.8. The second-order valence-corrected chi connectivity index (χ2v) is 8.33. The molecule has 3 amide bonds. The predicted molar refractivity (Wildman–Crippen MR) is 108 cm³/mol. The number of carbonyl (C=O) groups is 3. The second-order valence-electron chi connectivity index (χ2n) is 8.33. The molecule has 1 atom stereocenters. The number of carbonyl (C=O) groups excluding carboxylic acids is 3. The van der Waals surface area contributed by atoms with Crippen LogP contribution < -0.4 is 5.32 Å². The fourth-order valence-corrected chi connectivity index (χ4v) is 4.08. The van der Waals surface area contributed by atoms with Crippen molar-refractivity contribution >= 4 is 17.7 Å². The smallest absolute Gasteiger partial charge is 0.251 e. The summed E-state index contributed by atoms with van der Waals surface area (Å²) in [5.41, 5.74) is 0.319. The van der Waals surface area contributed by atoms with Gasteiger partial charge in [-0.1, -0.05) is 13.8 Å². The molecule has 2 fully saturated rings. The highest BCUT2D eigenvalue weighted by Gasteiger charge is 2.34. The van der Waals surface area contributed by atoms with Gasteiger partial charge in [0.05, 0.1) is 0 Å². The van der Waals surface area contributed by atoms with E-state index < -0.39 is 17.8 Å². The number of hydrogen-bond acceptors (Lipinski definition) is 3. The maximum absolute atomic E-state index is 13.1. The molecule has 3 rings (SSSR count). The summed E-state index contributed by atoms with van der Waals surface area (Å²) in [6, 6.07) is 4.61. The third-order valence-corrected chi connectivity index (χ3v) is 5.90. The topological polar surface area (TPSA) is 69.7 Å². The van der Waals surface area contributed by atoms with Crippen molar-refractivity contribution in [3.05, 3.63) is 35.6 Å². The molecular formula is C22H30FN3O3. The Bertz CT molecular complexity index is 736. The van der Waals surface area contributed by atoms with Gasteiger partial charge in [-0.2, -0.15) is 0 Å². The van der Waals surface area contributed by atoms with Gasteiger partial charge in [0, 0.05) is 37.7 Å². The number of hydrogen-bond donors (Lipinski definition) is 1. The minimum Gasteiger partial charge on any atom is -0.342 e. The Kier molecular flexibility index (Phi) is 6.87. The lowest BCUT2D eigenvalue weighted by atomic mass is 9.93. The van der Waals surface area contributed by atoms with Crippen LogP contribution in [-0.2, 0) is 9.59 Å². The Balaban J connectivity index is 1.57. The Morgan fingerprint density at radius 1 is 0.966 bits per heavy atom. The maximum atomic E-state index is 13.1. The third-order valence-electron chi connectivity index (χ3n) is 5.90. The van der Waals surface area contributed by atoms with Gasteiger partial charge in [0.2, 0.25) is 11.8 Å². The van der Waals surface area contributed by atoms with E-state index in [1.807, 2.05) is 18.7 Å². The fraction of sp³-hybridized carbons (Fsp3) is 0.591. The average molecular weight is 403 g/mol. The monoisotopic (exact) mass is 403 g/mol. The van der Waals surface area contributed by atoms with Gasteiger partial charge in [-0.25, -0.2) is 4.39 Å². The van der Waals surface area contributed by atoms with Crippen molar-refractivity contribution < 1.29 is 18.8 Å². The van der Waals surface area contributed by atoms with Gasteiger partial charge in [-0.15, -0.1) is 0 Å². The summed E-state index contributed by atoms with van der Waals surface area (Å²) in [5, 5.41) is 2.80. The molecule has 2 heterocycles. The van der Waals surface area contributed by atoms with E-state index in [1.165, 1.54) is 24.3 Å². The lowest BCUT2D eigenvalue weighted by Crippen LogP contribution is -2.53. The standard InChI is InChI=1S/C22H30FN3O3/c1-15(2)19(24-20(27)16-5-7-18(23)8-6-16)22(29)26-13-9-17(10-14-26)21(28)25-11-3-4-12-25/h5-8,15,17,19H,3-4,9-14H2,1-2H3,(H,24,27). The number of nitrogens with zero attached hydrogens (tertiary/aromatic N) is 2. The number of rotatable bonds is 5. The lowest BCUT2D eigenvalue weighted by Gasteiger charge is -2.36. The summed E-state index contributed by atoms with van der Waals surface area (Å²) in [6.45, 7) is 6.53. The highest BCUT2D eigenvalue weighted by atomic mass is 19.1. The Morgan fingerprint density at radius 3 is 2.10 bits per heavy atom. The van der Waals surface area contributed by atoms with Crippen LogP contribution in [0.1, 0.15) is 49.9 Å². The van der Waals surface area contributed by atoms with Crippen LogP contribution in [0.25, 0.3) is 0 Å². The number of benzene rings is 1. The van der Waals surface area contributed by atoms with Crippen LogP contribution in [0.3, 0.4) is 0 Å². The van der Waals surface area contributed by atoms with E-state index in [1.54, 1.807) is 4.90 Å². The van der Waals surface area contributed by atoms with E-state index in [2.05, 4.69) is 5.32 Å². The Hall–Kier alpha value is -2.44. The van der Waals surface area contributed by atoms with Gasteiger partial charge in [0.1, 0.15) is 11.9 Å². The van der Waals surface area contributed by atoms with Gasteiger partial charge in [-0.3, -0.25) is 14.4 Å². The number of amides is 3. The van der Waals surface area contributed by atoms with Gasteiger partial charge < -0.3 is 15.1 Å². The largest absolute Gasteiger partial charge is 0.342 e. The van der Waals surface area contributed by atoms with Crippen LogP contribution in [0.5, 0.6) is 0 Å². The van der Waals surface area contributed by atoms with E-state index in [4.69, 9.17) is 0 Å². The van der Waals surface area contributed by atoms with Gasteiger partial charge in [0.15, 0.2) is 0 Å². The number of halogens is 1. The molecule has 2 aliphatic rings. The van der Waals surface area contributed by atoms with E-state index in [-0.39, 0.29) is 23.7 Å². The summed E-state index contributed by atoms with van der Waals surface area (Å²) in [4.78, 5) is 41.8. The molecule has 1 aromatic rings. The molecule has 6 nitrogen and oxygen atoms in total. The predicted octanol–water partition coefficient (Wildman–Crippen LogP) is 2.44. The highest BCUT2D eigenvalue weighted by Crippen LogP contribution is 2.23. The first-order chi connectivity index (χ1) is 13.9. The molecule has 0 saturated carbocycles. The Labute approximate surface area is 171 Å². The minimum absolute atomic E-state index is 0.0107. The summed E-state index contributed by atoms with van der Waals surface area (Å²) >= 11 is 0. The van der Waals surface area contributed by atoms with Crippen LogP contribution in [0.2, 0.25) is 0 Å². The van der Waals surface area contributed by atoms with Crippen LogP contribution in [0.15, 0.2) is 24.3 Å². The van der Waals surface area contributed by atoms with Crippen LogP contribution in [-0.4, -0.2) is 59.7 Å². The van der Waals surface area contributed by atoms with E-state index >= 15 is 0 Å². The summed E-state index contributed by atoms with van der Waals surface area (Å²) in [5.74, 6) is -0.804. The first-order valence-electron chi connectivity index (χ1n) is 10.5. The molecule has 29 heavy (non-hydrogen) atoms. The molecule has 0 aliphatic carbocycles. The van der Waals surface area contributed by atoms with E-state index in [0.29, 0.717) is 31.5 Å². The summed E-state index contributed by atoms with van der Waals surface area (Å²) < 4.78 is 13.1. The molecule has 0 radical (unpaired) electrons. The van der Waals surface area contributed by atoms with Crippen molar-refractivity contribution in [3.63, 3.8) is 0 Å². The summed E-state index contributed by atoms with van der Waals surface area (Å²) in [6.07, 6.45) is 3.48. The molecule has 2 aliphatic heterocycles. The SMILES string of the molecule is CC(C)C(NC(=O)c1ccc(F)cc1)C(=O)N1CCC(C(=O)N2CCCC2)CC1. The molecule has 158 valence electrons. The van der Waals surface area contributed by atoms with Crippen LogP contribution in [0.4, 0.5) is 4.39 Å². The number of piperidine rings is 1. The molecule has 1 unspecified atom stereocenters. The molecule has 1 aromatic carbocycles. The fourth-order valence-electron chi connectivity index (χ4n) is 4.08. The van der Waals surface area contributed by atoms with Crippen molar-refractivity contribution in [1.29, 1.82) is 0 Å². The van der Waals surface area contributed by atoms with E-state index in [0.717, 1.165) is 25.9 Å². The highest BCUT2D eigenvalue weighted by molar-refractivity contribution is 5.97. The molecule has 0 spiro atoms. The molecule has 0 aromatic heterocycles. The van der Waals surface area contributed by atoms with Crippen molar-refractivity contribution in [3.8, 4) is 0 Å². The lowest BCUT2D eigenvalue weighted by molar-refractivity contribution is -0.141. The average Bonchev–Trinajstić information content (AvgIpc) is 3.26. The zero-order valence-electron chi connectivity index (χ0n) is 17.2. The van der Waals surface area contributed by atoms with Crippen molar-refractivity contribution in [1.82, 2.24) is 15.1 Å². The second kappa shape index (κ2) is 9.37. The number of nitrogens with one attached hydrogen (secondary N) is 1. The first-order valence-corrected chi connectivity index (χ1v) is 10.5. The minimum atomic E-state index is -0.654. The van der Waals surface area contributed by atoms with Crippen LogP contribution >= 0.6 is 0 Å². The van der Waals surface area contributed by atoms with Gasteiger partial charge >= 0.3 is 0 Å². The third kappa shape index (κ3) is 5.14. The quantitative estimate of drug-likeness (QED) is 0.821. The maximum Gasteiger partial charge on any atom is 0.251 e. The van der Waals surface area contributed by atoms with Crippen molar-refractivity contribution in [2.75, 3.05) is 26.2 Å². The zero-order valence-corrected chi connectivity index (χ0v) is 17.2. The molecule has 7 heteroatoms. The molecular weight excluding hydrogens is 373 g/mol. The van der Waals surface area contributed by atoms with Crippen LogP contribution in [0, 0.1) is 17.7 Å². The molecule has 2 saturated heterocycles. The van der Waals surface area contributed by atoms with Crippen molar-refractivity contribution in [2.45, 2.75) is 45.6 Å². The number of likely N-dealkylation sites (tertiary alicyclic amines) is 2. The molecule has 0 bridgehead atoms. The van der Waals surface area contributed by atoms with Gasteiger partial charge in [-0.05, 0) is 55.9 Å². The van der Waals surface area contributed by atoms with Gasteiger partial charge in [0.25, 0.3) is 5.91 Å². The Morgan fingerprint density at radius 2 is 1.55 bits per heavy atom. The molecule has 1 N–H and O–H groups in total. The first kappa shape index (κ1) is 21.3. The summed E-state index contributed by atoms with van der Waals surface area (Å²) in [7, 11) is 0. The zero-order chi connectivity index (χ0) is 21.0. The van der Waals surface area contributed by atoms with Crippen molar-refractivity contribution in [2.24, 2.45) is 11.8 Å².